The quantitative estimate of drug-likeness (QED) is 0.784. The minimum Gasteiger partial charge on any atom is -0.398 e. The standard InChI is InChI=1S/C14H26BN3O2/c1-8-18(9-2)12-16-10-11(17(12)7)15-19-13(3,4)14(5,6)20-15/h10H,8-9H2,1-7H3. The van der Waals surface area contributed by atoms with E-state index in [1.807, 2.05) is 13.2 Å². The molecule has 1 aromatic rings. The van der Waals surface area contributed by atoms with Crippen LogP contribution in [0.15, 0.2) is 6.20 Å². The zero-order valence-electron chi connectivity index (χ0n) is 13.7. The molecule has 0 bridgehead atoms. The normalized spacial score (nSPS) is 20.4. The van der Waals surface area contributed by atoms with E-state index in [9.17, 15) is 0 Å². The molecule has 1 fully saturated rings. The summed E-state index contributed by atoms with van der Waals surface area (Å²) in [6, 6.07) is 0. The molecule has 0 aromatic carbocycles. The summed E-state index contributed by atoms with van der Waals surface area (Å²) in [5.74, 6) is 0.958. The van der Waals surface area contributed by atoms with Crippen LogP contribution in [0.25, 0.3) is 0 Å². The molecule has 112 valence electrons. The lowest BCUT2D eigenvalue weighted by Gasteiger charge is -2.32. The van der Waals surface area contributed by atoms with Gasteiger partial charge in [-0.25, -0.2) is 4.98 Å². The lowest BCUT2D eigenvalue weighted by atomic mass is 9.85. The van der Waals surface area contributed by atoms with Gasteiger partial charge in [0.1, 0.15) is 0 Å². The summed E-state index contributed by atoms with van der Waals surface area (Å²) in [6.07, 6.45) is 1.86. The Hall–Kier alpha value is -1.01. The van der Waals surface area contributed by atoms with Gasteiger partial charge in [0.25, 0.3) is 0 Å². The Balaban J connectivity index is 2.28. The molecule has 1 saturated heterocycles. The highest BCUT2D eigenvalue weighted by Crippen LogP contribution is 2.36. The maximum Gasteiger partial charge on any atom is 0.514 e. The second-order valence-electron chi connectivity index (χ2n) is 6.30. The fourth-order valence-corrected chi connectivity index (χ4v) is 2.40. The molecule has 1 aliphatic heterocycles. The molecule has 0 amide bonds. The third kappa shape index (κ3) is 2.35. The molecule has 0 radical (unpaired) electrons. The van der Waals surface area contributed by atoms with E-state index in [0.29, 0.717) is 0 Å². The molecular formula is C14H26BN3O2. The minimum absolute atomic E-state index is 0.322. The fraction of sp³-hybridized carbons (Fsp3) is 0.786. The molecule has 0 aliphatic carbocycles. The molecule has 2 rings (SSSR count). The van der Waals surface area contributed by atoms with E-state index in [0.717, 1.165) is 24.6 Å². The summed E-state index contributed by atoms with van der Waals surface area (Å²) in [7, 11) is 1.66. The summed E-state index contributed by atoms with van der Waals surface area (Å²) in [5, 5.41) is 0. The van der Waals surface area contributed by atoms with Crippen molar-refractivity contribution in [3.8, 4) is 0 Å². The zero-order valence-corrected chi connectivity index (χ0v) is 13.7. The maximum atomic E-state index is 6.09. The van der Waals surface area contributed by atoms with Gasteiger partial charge in [-0.15, -0.1) is 0 Å². The van der Waals surface area contributed by atoms with Crippen molar-refractivity contribution in [3.05, 3.63) is 6.20 Å². The summed E-state index contributed by atoms with van der Waals surface area (Å²) < 4.78 is 14.2. The molecule has 0 atom stereocenters. The van der Waals surface area contributed by atoms with Crippen LogP contribution in [-0.2, 0) is 16.4 Å². The van der Waals surface area contributed by atoms with Crippen LogP contribution in [0.2, 0.25) is 0 Å². The average Bonchev–Trinajstić information content (AvgIpc) is 2.80. The highest BCUT2D eigenvalue weighted by molar-refractivity contribution is 6.61. The van der Waals surface area contributed by atoms with Gasteiger partial charge in [0.05, 0.1) is 16.8 Å². The molecular weight excluding hydrogens is 253 g/mol. The van der Waals surface area contributed by atoms with Gasteiger partial charge in [-0.3, -0.25) is 0 Å². The van der Waals surface area contributed by atoms with Crippen LogP contribution >= 0.6 is 0 Å². The molecule has 0 saturated carbocycles. The van der Waals surface area contributed by atoms with Crippen LogP contribution in [0.1, 0.15) is 41.5 Å². The molecule has 1 aliphatic rings. The first-order chi connectivity index (χ1) is 9.23. The number of imidazole rings is 1. The predicted octanol–water partition coefficient (Wildman–Crippen LogP) is 1.57. The van der Waals surface area contributed by atoms with Crippen LogP contribution in [0.5, 0.6) is 0 Å². The van der Waals surface area contributed by atoms with Crippen molar-refractivity contribution in [2.24, 2.45) is 7.05 Å². The topological polar surface area (TPSA) is 39.5 Å². The highest BCUT2D eigenvalue weighted by Gasteiger charge is 2.52. The first-order valence-electron chi connectivity index (χ1n) is 7.35. The smallest absolute Gasteiger partial charge is 0.398 e. The van der Waals surface area contributed by atoms with Crippen molar-refractivity contribution in [2.45, 2.75) is 52.7 Å². The molecule has 0 N–H and O–H groups in total. The summed E-state index contributed by atoms with van der Waals surface area (Å²) >= 11 is 0. The highest BCUT2D eigenvalue weighted by atomic mass is 16.7. The number of anilines is 1. The molecule has 5 nitrogen and oxygen atoms in total. The number of rotatable bonds is 4. The SMILES string of the molecule is CCN(CC)c1ncc(B2OC(C)(C)C(C)(C)O2)n1C. The van der Waals surface area contributed by atoms with Gasteiger partial charge < -0.3 is 18.8 Å². The van der Waals surface area contributed by atoms with Gasteiger partial charge in [0.2, 0.25) is 5.95 Å². The van der Waals surface area contributed by atoms with Crippen molar-refractivity contribution in [2.75, 3.05) is 18.0 Å². The van der Waals surface area contributed by atoms with Crippen molar-refractivity contribution >= 4 is 18.7 Å². The largest absolute Gasteiger partial charge is 0.514 e. The number of hydrogen-bond acceptors (Lipinski definition) is 4. The monoisotopic (exact) mass is 279 g/mol. The first kappa shape index (κ1) is 15.4. The summed E-state index contributed by atoms with van der Waals surface area (Å²) in [5.41, 5.74) is 0.319. The maximum absolute atomic E-state index is 6.09. The lowest BCUT2D eigenvalue weighted by molar-refractivity contribution is 0.00578. The molecule has 20 heavy (non-hydrogen) atoms. The van der Waals surface area contributed by atoms with Crippen LogP contribution in [0.4, 0.5) is 5.95 Å². The first-order valence-corrected chi connectivity index (χ1v) is 7.35. The zero-order chi connectivity index (χ0) is 15.1. The van der Waals surface area contributed by atoms with E-state index >= 15 is 0 Å². The van der Waals surface area contributed by atoms with Crippen LogP contribution < -0.4 is 10.5 Å². The second-order valence-corrected chi connectivity index (χ2v) is 6.30. The van der Waals surface area contributed by atoms with E-state index in [4.69, 9.17) is 9.31 Å². The van der Waals surface area contributed by atoms with Crippen LogP contribution in [0.3, 0.4) is 0 Å². The Morgan fingerprint density at radius 3 is 2.10 bits per heavy atom. The molecule has 0 spiro atoms. The van der Waals surface area contributed by atoms with Crippen molar-refractivity contribution in [3.63, 3.8) is 0 Å². The Kier molecular flexibility index (Phi) is 3.91. The number of nitrogens with zero attached hydrogens (tertiary/aromatic N) is 3. The molecule has 0 unspecified atom stereocenters. The Morgan fingerprint density at radius 2 is 1.65 bits per heavy atom. The molecule has 1 aromatic heterocycles. The van der Waals surface area contributed by atoms with Crippen LogP contribution in [0, 0.1) is 0 Å². The van der Waals surface area contributed by atoms with Crippen molar-refractivity contribution in [1.29, 1.82) is 0 Å². The average molecular weight is 279 g/mol. The lowest BCUT2D eigenvalue weighted by Crippen LogP contribution is -2.41. The van der Waals surface area contributed by atoms with E-state index in [2.05, 4.69) is 56.0 Å². The van der Waals surface area contributed by atoms with Gasteiger partial charge >= 0.3 is 7.12 Å². The van der Waals surface area contributed by atoms with Crippen LogP contribution in [-0.4, -0.2) is 41.0 Å². The van der Waals surface area contributed by atoms with Crippen molar-refractivity contribution < 1.29 is 9.31 Å². The van der Waals surface area contributed by atoms with E-state index in [-0.39, 0.29) is 18.3 Å². The van der Waals surface area contributed by atoms with Gasteiger partial charge in [0.15, 0.2) is 0 Å². The summed E-state index contributed by atoms with van der Waals surface area (Å²) in [4.78, 5) is 6.74. The van der Waals surface area contributed by atoms with Gasteiger partial charge in [-0.2, -0.15) is 0 Å². The Labute approximate surface area is 122 Å². The van der Waals surface area contributed by atoms with E-state index in [1.54, 1.807) is 0 Å². The third-order valence-electron chi connectivity index (χ3n) is 4.54. The Morgan fingerprint density at radius 1 is 1.15 bits per heavy atom. The predicted molar refractivity (Wildman–Crippen MR) is 82.5 cm³/mol. The third-order valence-corrected chi connectivity index (χ3v) is 4.54. The van der Waals surface area contributed by atoms with E-state index in [1.165, 1.54) is 0 Å². The molecule has 6 heteroatoms. The van der Waals surface area contributed by atoms with Gasteiger partial charge in [0, 0.05) is 26.3 Å². The Bertz CT molecular complexity index is 465. The van der Waals surface area contributed by atoms with Gasteiger partial charge in [-0.1, -0.05) is 0 Å². The van der Waals surface area contributed by atoms with Crippen molar-refractivity contribution in [1.82, 2.24) is 9.55 Å². The summed E-state index contributed by atoms with van der Waals surface area (Å²) in [6.45, 7) is 14.4. The number of hydrogen-bond donors (Lipinski definition) is 0. The van der Waals surface area contributed by atoms with E-state index < -0.39 is 0 Å². The minimum atomic E-state index is -0.359. The molecule has 2 heterocycles. The number of aromatic nitrogens is 2. The fourth-order valence-electron chi connectivity index (χ4n) is 2.40. The second kappa shape index (κ2) is 5.08. The van der Waals surface area contributed by atoms with Gasteiger partial charge in [-0.05, 0) is 41.5 Å².